The van der Waals surface area contributed by atoms with Gasteiger partial charge in [-0.15, -0.1) is 0 Å². The molecule has 0 radical (unpaired) electrons. The van der Waals surface area contributed by atoms with Gasteiger partial charge in [-0.25, -0.2) is 0 Å². The standard InChI is InChI=1S/C18H16ClNO3S/c1-21-15-9-17(23-3)16(22-2)8-13(15)18-14(10-24-20-18)11-4-6-12(19)7-5-11/h4-10H,1-3H3. The predicted octanol–water partition coefficient (Wildman–Crippen LogP) is 5.16. The van der Waals surface area contributed by atoms with Gasteiger partial charge in [0.15, 0.2) is 11.5 Å². The van der Waals surface area contributed by atoms with Gasteiger partial charge in [0.05, 0.1) is 27.0 Å². The summed E-state index contributed by atoms with van der Waals surface area (Å²) in [6.45, 7) is 0. The summed E-state index contributed by atoms with van der Waals surface area (Å²) in [4.78, 5) is 0. The van der Waals surface area contributed by atoms with E-state index in [1.165, 1.54) is 11.5 Å². The summed E-state index contributed by atoms with van der Waals surface area (Å²) in [5.74, 6) is 1.92. The van der Waals surface area contributed by atoms with Crippen molar-refractivity contribution in [3.05, 3.63) is 46.8 Å². The number of hydrogen-bond donors (Lipinski definition) is 0. The van der Waals surface area contributed by atoms with E-state index in [0.717, 1.165) is 22.4 Å². The summed E-state index contributed by atoms with van der Waals surface area (Å²) in [5, 5.41) is 2.71. The molecular formula is C18H16ClNO3S. The van der Waals surface area contributed by atoms with E-state index in [-0.39, 0.29) is 0 Å². The first-order chi connectivity index (χ1) is 11.7. The number of hydrogen-bond acceptors (Lipinski definition) is 5. The van der Waals surface area contributed by atoms with E-state index >= 15 is 0 Å². The van der Waals surface area contributed by atoms with Crippen LogP contribution >= 0.6 is 23.1 Å². The van der Waals surface area contributed by atoms with Crippen molar-refractivity contribution in [2.24, 2.45) is 0 Å². The van der Waals surface area contributed by atoms with E-state index in [1.807, 2.05) is 35.7 Å². The van der Waals surface area contributed by atoms with Crippen molar-refractivity contribution in [2.75, 3.05) is 21.3 Å². The van der Waals surface area contributed by atoms with Gasteiger partial charge < -0.3 is 14.2 Å². The van der Waals surface area contributed by atoms with Crippen LogP contribution in [0.5, 0.6) is 17.2 Å². The molecule has 1 aromatic heterocycles. The average molecular weight is 362 g/mol. The van der Waals surface area contributed by atoms with Gasteiger partial charge in [0.2, 0.25) is 0 Å². The molecule has 0 aliphatic rings. The summed E-state index contributed by atoms with van der Waals surface area (Å²) in [7, 11) is 4.83. The number of benzene rings is 2. The summed E-state index contributed by atoms with van der Waals surface area (Å²) < 4.78 is 20.8. The third-order valence-corrected chi connectivity index (χ3v) is 4.57. The van der Waals surface area contributed by atoms with E-state index in [1.54, 1.807) is 27.4 Å². The van der Waals surface area contributed by atoms with Crippen LogP contribution in [0.4, 0.5) is 0 Å². The molecule has 6 heteroatoms. The fraction of sp³-hybridized carbons (Fsp3) is 0.167. The van der Waals surface area contributed by atoms with Crippen LogP contribution in [0.25, 0.3) is 22.4 Å². The van der Waals surface area contributed by atoms with Gasteiger partial charge >= 0.3 is 0 Å². The third-order valence-electron chi connectivity index (χ3n) is 3.69. The Morgan fingerprint density at radius 3 is 2.08 bits per heavy atom. The van der Waals surface area contributed by atoms with Crippen molar-refractivity contribution in [1.82, 2.24) is 4.37 Å². The SMILES string of the molecule is COc1cc(OC)c(-c2nscc2-c2ccc(Cl)cc2)cc1OC. The van der Waals surface area contributed by atoms with Gasteiger partial charge in [-0.1, -0.05) is 23.7 Å². The number of ether oxygens (including phenoxy) is 3. The monoisotopic (exact) mass is 361 g/mol. The predicted molar refractivity (Wildman–Crippen MR) is 97.7 cm³/mol. The molecule has 1 heterocycles. The highest BCUT2D eigenvalue weighted by molar-refractivity contribution is 7.04. The Morgan fingerprint density at radius 2 is 1.46 bits per heavy atom. The van der Waals surface area contributed by atoms with Crippen LogP contribution in [0, 0.1) is 0 Å². The molecule has 3 rings (SSSR count). The Hall–Kier alpha value is -2.24. The van der Waals surface area contributed by atoms with Crippen LogP contribution in [-0.2, 0) is 0 Å². The van der Waals surface area contributed by atoms with Crippen molar-refractivity contribution in [3.8, 4) is 39.6 Å². The number of halogens is 1. The Labute approximate surface area is 149 Å². The Balaban J connectivity index is 2.16. The summed E-state index contributed by atoms with van der Waals surface area (Å²) in [6.07, 6.45) is 0. The second kappa shape index (κ2) is 7.11. The number of aromatic nitrogens is 1. The minimum Gasteiger partial charge on any atom is -0.496 e. The van der Waals surface area contributed by atoms with Gasteiger partial charge in [0.1, 0.15) is 5.75 Å². The molecule has 0 bridgehead atoms. The normalized spacial score (nSPS) is 10.5. The van der Waals surface area contributed by atoms with Crippen LogP contribution in [0.2, 0.25) is 5.02 Å². The quantitative estimate of drug-likeness (QED) is 0.629. The second-order valence-electron chi connectivity index (χ2n) is 4.99. The first-order valence-electron chi connectivity index (χ1n) is 7.18. The molecule has 2 aromatic carbocycles. The van der Waals surface area contributed by atoms with Crippen molar-refractivity contribution < 1.29 is 14.2 Å². The lowest BCUT2D eigenvalue weighted by Crippen LogP contribution is -1.95. The first kappa shape index (κ1) is 16.6. The highest BCUT2D eigenvalue weighted by Gasteiger charge is 2.18. The molecule has 0 atom stereocenters. The lowest BCUT2D eigenvalue weighted by Gasteiger charge is -2.14. The molecule has 0 saturated carbocycles. The third kappa shape index (κ3) is 3.05. The zero-order valence-electron chi connectivity index (χ0n) is 13.5. The molecule has 3 aromatic rings. The first-order valence-corrected chi connectivity index (χ1v) is 8.40. The topological polar surface area (TPSA) is 40.6 Å². The Kier molecular flexibility index (Phi) is 4.92. The maximum atomic E-state index is 5.99. The molecule has 0 aliphatic heterocycles. The van der Waals surface area contributed by atoms with Crippen LogP contribution < -0.4 is 14.2 Å². The number of rotatable bonds is 5. The van der Waals surface area contributed by atoms with Crippen LogP contribution in [0.15, 0.2) is 41.8 Å². The average Bonchev–Trinajstić information content (AvgIpc) is 3.10. The molecule has 0 aliphatic carbocycles. The maximum Gasteiger partial charge on any atom is 0.164 e. The molecule has 124 valence electrons. The van der Waals surface area contributed by atoms with Crippen LogP contribution in [0.1, 0.15) is 0 Å². The van der Waals surface area contributed by atoms with Gasteiger partial charge in [-0.05, 0) is 35.3 Å². The smallest absolute Gasteiger partial charge is 0.164 e. The van der Waals surface area contributed by atoms with E-state index in [0.29, 0.717) is 22.3 Å². The van der Waals surface area contributed by atoms with E-state index in [9.17, 15) is 0 Å². The number of nitrogens with zero attached hydrogens (tertiary/aromatic N) is 1. The van der Waals surface area contributed by atoms with E-state index in [4.69, 9.17) is 25.8 Å². The van der Waals surface area contributed by atoms with E-state index in [2.05, 4.69) is 4.37 Å². The molecule has 4 nitrogen and oxygen atoms in total. The molecule has 0 fully saturated rings. The zero-order chi connectivity index (χ0) is 17.1. The Morgan fingerprint density at radius 1 is 0.833 bits per heavy atom. The second-order valence-corrected chi connectivity index (χ2v) is 6.06. The molecule has 0 amide bonds. The van der Waals surface area contributed by atoms with Crippen molar-refractivity contribution in [3.63, 3.8) is 0 Å². The lowest BCUT2D eigenvalue weighted by molar-refractivity contribution is 0.349. The van der Waals surface area contributed by atoms with Crippen molar-refractivity contribution in [2.45, 2.75) is 0 Å². The van der Waals surface area contributed by atoms with Gasteiger partial charge in [-0.3, -0.25) is 0 Å². The summed E-state index contributed by atoms with van der Waals surface area (Å²) in [5.41, 5.74) is 3.74. The molecular weight excluding hydrogens is 346 g/mol. The molecule has 24 heavy (non-hydrogen) atoms. The fourth-order valence-electron chi connectivity index (χ4n) is 2.48. The highest BCUT2D eigenvalue weighted by Crippen LogP contribution is 2.43. The molecule has 0 unspecified atom stereocenters. The Bertz CT molecular complexity index is 846. The van der Waals surface area contributed by atoms with Crippen molar-refractivity contribution in [1.29, 1.82) is 0 Å². The van der Waals surface area contributed by atoms with Crippen LogP contribution in [0.3, 0.4) is 0 Å². The lowest BCUT2D eigenvalue weighted by atomic mass is 10.0. The maximum absolute atomic E-state index is 5.99. The van der Waals surface area contributed by atoms with Gasteiger partial charge in [-0.2, -0.15) is 4.37 Å². The summed E-state index contributed by atoms with van der Waals surface area (Å²) >= 11 is 7.38. The largest absolute Gasteiger partial charge is 0.496 e. The van der Waals surface area contributed by atoms with Crippen LogP contribution in [-0.4, -0.2) is 25.7 Å². The van der Waals surface area contributed by atoms with E-state index < -0.39 is 0 Å². The molecule has 0 N–H and O–H groups in total. The minimum absolute atomic E-state index is 0.612. The summed E-state index contributed by atoms with van der Waals surface area (Å²) in [6, 6.07) is 11.4. The number of methoxy groups -OCH3 is 3. The zero-order valence-corrected chi connectivity index (χ0v) is 15.1. The molecule has 0 saturated heterocycles. The highest BCUT2D eigenvalue weighted by atomic mass is 35.5. The van der Waals surface area contributed by atoms with Gasteiger partial charge in [0, 0.05) is 27.6 Å². The fourth-order valence-corrected chi connectivity index (χ4v) is 3.31. The van der Waals surface area contributed by atoms with Gasteiger partial charge in [0.25, 0.3) is 0 Å². The molecule has 0 spiro atoms. The van der Waals surface area contributed by atoms with Crippen molar-refractivity contribution >= 4 is 23.1 Å². The minimum atomic E-state index is 0.612.